The van der Waals surface area contributed by atoms with E-state index in [-0.39, 0.29) is 26.3 Å². The summed E-state index contributed by atoms with van der Waals surface area (Å²) in [5.41, 5.74) is 0.824. The number of carbonyl (C=O) groups is 3. The number of hydrogen-bond acceptors (Lipinski definition) is 5. The number of ether oxygens (including phenoxy) is 2. The van der Waals surface area contributed by atoms with E-state index in [1.54, 1.807) is 6.92 Å². The summed E-state index contributed by atoms with van der Waals surface area (Å²) in [5.74, 6) is -1.31. The molecule has 1 unspecified atom stereocenters. The van der Waals surface area contributed by atoms with E-state index < -0.39 is 24.0 Å². The van der Waals surface area contributed by atoms with Crippen molar-refractivity contribution in [2.45, 2.75) is 19.6 Å². The molecule has 7 heteroatoms. The topological polar surface area (TPSA) is 84.9 Å². The maximum absolute atomic E-state index is 12.2. The molecule has 1 aliphatic heterocycles. The predicted molar refractivity (Wildman–Crippen MR) is 76.8 cm³/mol. The van der Waals surface area contributed by atoms with Gasteiger partial charge in [0.2, 0.25) is 6.04 Å². The fourth-order valence-electron chi connectivity index (χ4n) is 2.12. The standard InChI is InChI=1S/C15H18N2O5/c1-2-21-14(19)12-13(18)16-8-9-17(12)15(20)22-10-11-6-4-3-5-7-11/h3-7,12H,2,8-10H2,1H3,(H,16,18). The average Bonchev–Trinajstić information content (AvgIpc) is 2.53. The van der Waals surface area contributed by atoms with E-state index in [2.05, 4.69) is 5.32 Å². The monoisotopic (exact) mass is 306 g/mol. The van der Waals surface area contributed by atoms with Crippen LogP contribution in [0.1, 0.15) is 12.5 Å². The SMILES string of the molecule is CCOC(=O)C1C(=O)NCCN1C(=O)OCc1ccccc1. The molecule has 1 fully saturated rings. The minimum Gasteiger partial charge on any atom is -0.464 e. The molecule has 118 valence electrons. The second-order valence-corrected chi connectivity index (χ2v) is 4.68. The van der Waals surface area contributed by atoms with E-state index >= 15 is 0 Å². The van der Waals surface area contributed by atoms with Gasteiger partial charge < -0.3 is 14.8 Å². The molecule has 0 radical (unpaired) electrons. The zero-order chi connectivity index (χ0) is 15.9. The second-order valence-electron chi connectivity index (χ2n) is 4.68. The zero-order valence-electron chi connectivity index (χ0n) is 12.3. The smallest absolute Gasteiger partial charge is 0.411 e. The molecule has 1 aliphatic rings. The zero-order valence-corrected chi connectivity index (χ0v) is 12.3. The Hall–Kier alpha value is -2.57. The summed E-state index contributed by atoms with van der Waals surface area (Å²) in [5, 5.41) is 2.54. The Morgan fingerprint density at radius 2 is 2.00 bits per heavy atom. The Kier molecular flexibility index (Phi) is 5.35. The molecule has 1 N–H and O–H groups in total. The van der Waals surface area contributed by atoms with Crippen LogP contribution in [0.2, 0.25) is 0 Å². The van der Waals surface area contributed by atoms with Gasteiger partial charge in [-0.15, -0.1) is 0 Å². The van der Waals surface area contributed by atoms with Gasteiger partial charge in [0.25, 0.3) is 5.91 Å². The highest BCUT2D eigenvalue weighted by Gasteiger charge is 2.40. The Labute approximate surface area is 128 Å². The van der Waals surface area contributed by atoms with Crippen LogP contribution in [-0.4, -0.2) is 48.6 Å². The number of nitrogens with one attached hydrogen (secondary N) is 1. The number of esters is 1. The molecule has 22 heavy (non-hydrogen) atoms. The second kappa shape index (κ2) is 7.44. The van der Waals surface area contributed by atoms with Crippen molar-refractivity contribution in [1.29, 1.82) is 0 Å². The van der Waals surface area contributed by atoms with Crippen LogP contribution in [0, 0.1) is 0 Å². The normalized spacial score (nSPS) is 17.6. The molecule has 1 heterocycles. The minimum absolute atomic E-state index is 0.0767. The Morgan fingerprint density at radius 3 is 2.68 bits per heavy atom. The Morgan fingerprint density at radius 1 is 1.27 bits per heavy atom. The van der Waals surface area contributed by atoms with Gasteiger partial charge in [-0.1, -0.05) is 30.3 Å². The van der Waals surface area contributed by atoms with E-state index in [1.165, 1.54) is 0 Å². The van der Waals surface area contributed by atoms with Gasteiger partial charge in [0.05, 0.1) is 6.61 Å². The molecule has 0 spiro atoms. The average molecular weight is 306 g/mol. The summed E-state index contributed by atoms with van der Waals surface area (Å²) >= 11 is 0. The van der Waals surface area contributed by atoms with Gasteiger partial charge in [0.1, 0.15) is 6.61 Å². The summed E-state index contributed by atoms with van der Waals surface area (Å²) in [4.78, 5) is 37.0. The Balaban J connectivity index is 2.02. The van der Waals surface area contributed by atoms with Gasteiger partial charge in [-0.3, -0.25) is 9.69 Å². The van der Waals surface area contributed by atoms with Crippen molar-refractivity contribution < 1.29 is 23.9 Å². The minimum atomic E-state index is -1.29. The highest BCUT2D eigenvalue weighted by molar-refractivity contribution is 6.04. The summed E-state index contributed by atoms with van der Waals surface area (Å²) in [7, 11) is 0. The summed E-state index contributed by atoms with van der Waals surface area (Å²) in [6.45, 7) is 2.32. The lowest BCUT2D eigenvalue weighted by molar-refractivity contribution is -0.154. The van der Waals surface area contributed by atoms with Gasteiger partial charge in [-0.25, -0.2) is 9.59 Å². The highest BCUT2D eigenvalue weighted by atomic mass is 16.6. The first-order valence-corrected chi connectivity index (χ1v) is 7.05. The van der Waals surface area contributed by atoms with Crippen molar-refractivity contribution in [3.05, 3.63) is 35.9 Å². The molecule has 1 saturated heterocycles. The first-order valence-electron chi connectivity index (χ1n) is 7.05. The number of piperazine rings is 1. The van der Waals surface area contributed by atoms with Crippen molar-refractivity contribution in [2.75, 3.05) is 19.7 Å². The molecule has 2 amide bonds. The third-order valence-corrected chi connectivity index (χ3v) is 3.16. The summed E-state index contributed by atoms with van der Waals surface area (Å²) < 4.78 is 10.0. The van der Waals surface area contributed by atoms with E-state index in [1.807, 2.05) is 30.3 Å². The van der Waals surface area contributed by atoms with Crippen LogP contribution in [0.5, 0.6) is 0 Å². The fourth-order valence-corrected chi connectivity index (χ4v) is 2.12. The molecule has 1 atom stereocenters. The summed E-state index contributed by atoms with van der Waals surface area (Å²) in [6.07, 6.45) is -0.711. The van der Waals surface area contributed by atoms with Crippen LogP contribution in [0.3, 0.4) is 0 Å². The lowest BCUT2D eigenvalue weighted by atomic mass is 10.2. The maximum Gasteiger partial charge on any atom is 0.411 e. The van der Waals surface area contributed by atoms with E-state index in [0.717, 1.165) is 10.5 Å². The maximum atomic E-state index is 12.2. The number of benzene rings is 1. The van der Waals surface area contributed by atoms with Crippen LogP contribution in [0.25, 0.3) is 0 Å². The van der Waals surface area contributed by atoms with Gasteiger partial charge in [0.15, 0.2) is 0 Å². The lowest BCUT2D eigenvalue weighted by Crippen LogP contribution is -2.60. The van der Waals surface area contributed by atoms with E-state index in [0.29, 0.717) is 0 Å². The molecule has 7 nitrogen and oxygen atoms in total. The van der Waals surface area contributed by atoms with Gasteiger partial charge in [-0.05, 0) is 12.5 Å². The van der Waals surface area contributed by atoms with Crippen molar-refractivity contribution in [2.24, 2.45) is 0 Å². The number of hydrogen-bond donors (Lipinski definition) is 1. The molecular weight excluding hydrogens is 288 g/mol. The highest BCUT2D eigenvalue weighted by Crippen LogP contribution is 2.11. The quantitative estimate of drug-likeness (QED) is 0.653. The molecule has 0 aliphatic carbocycles. The first kappa shape index (κ1) is 15.8. The van der Waals surface area contributed by atoms with Crippen LogP contribution in [0.15, 0.2) is 30.3 Å². The third kappa shape index (κ3) is 3.75. The van der Waals surface area contributed by atoms with Crippen molar-refractivity contribution in [3.63, 3.8) is 0 Å². The van der Waals surface area contributed by atoms with Crippen molar-refractivity contribution in [3.8, 4) is 0 Å². The fraction of sp³-hybridized carbons (Fsp3) is 0.400. The largest absolute Gasteiger partial charge is 0.464 e. The van der Waals surface area contributed by atoms with Gasteiger partial charge in [0, 0.05) is 13.1 Å². The Bertz CT molecular complexity index is 546. The molecule has 0 aromatic heterocycles. The van der Waals surface area contributed by atoms with Crippen LogP contribution in [0.4, 0.5) is 4.79 Å². The summed E-state index contributed by atoms with van der Waals surface area (Å²) in [6, 6.07) is 7.87. The predicted octanol–water partition coefficient (Wildman–Crippen LogP) is 0.687. The van der Waals surface area contributed by atoms with E-state index in [9.17, 15) is 14.4 Å². The van der Waals surface area contributed by atoms with E-state index in [4.69, 9.17) is 9.47 Å². The van der Waals surface area contributed by atoms with Crippen molar-refractivity contribution in [1.82, 2.24) is 10.2 Å². The number of carbonyl (C=O) groups excluding carboxylic acids is 3. The van der Waals surface area contributed by atoms with Gasteiger partial charge >= 0.3 is 12.1 Å². The number of amides is 2. The van der Waals surface area contributed by atoms with Crippen molar-refractivity contribution >= 4 is 18.0 Å². The molecule has 1 aromatic rings. The molecule has 2 rings (SSSR count). The van der Waals surface area contributed by atoms with Crippen LogP contribution >= 0.6 is 0 Å². The number of rotatable bonds is 4. The van der Waals surface area contributed by atoms with Crippen LogP contribution in [-0.2, 0) is 25.7 Å². The lowest BCUT2D eigenvalue weighted by Gasteiger charge is -2.32. The molecule has 0 saturated carbocycles. The van der Waals surface area contributed by atoms with Gasteiger partial charge in [-0.2, -0.15) is 0 Å². The third-order valence-electron chi connectivity index (χ3n) is 3.16. The molecular formula is C15H18N2O5. The molecule has 0 bridgehead atoms. The molecule has 1 aromatic carbocycles. The first-order chi connectivity index (χ1) is 10.6. The number of nitrogens with zero attached hydrogens (tertiary/aromatic N) is 1. The van der Waals surface area contributed by atoms with Crippen LogP contribution < -0.4 is 5.32 Å².